The van der Waals surface area contributed by atoms with E-state index in [1.807, 2.05) is 6.20 Å². The second kappa shape index (κ2) is 10.2. The molecule has 2 heterocycles. The Bertz CT molecular complexity index is 1320. The molecule has 0 radical (unpaired) electrons. The zero-order chi connectivity index (χ0) is 26.7. The summed E-state index contributed by atoms with van der Waals surface area (Å²) in [6.07, 6.45) is 3.12. The molecule has 1 N–H and O–H groups in total. The SMILES string of the molecule is CC(C)(C)OC(=O)C[C@@H](NC(=O)c1ccn2cc(-c3ccc(C#N)cc3)nc2c1)C(=O)OC(C)(C)C. The average molecular weight is 491 g/mol. The summed E-state index contributed by atoms with van der Waals surface area (Å²) < 4.78 is 12.5. The lowest BCUT2D eigenvalue weighted by molar-refractivity contribution is -0.164. The fraction of sp³-hybridized carbons (Fsp3) is 0.370. The van der Waals surface area contributed by atoms with Gasteiger partial charge in [0.25, 0.3) is 5.91 Å². The summed E-state index contributed by atoms with van der Waals surface area (Å²) in [6, 6.07) is 11.0. The number of aromatic nitrogens is 2. The quantitative estimate of drug-likeness (QED) is 0.517. The standard InChI is InChI=1S/C27H30N4O5/c1-26(2,3)35-23(32)14-20(25(34)36-27(4,5)6)30-24(33)19-11-12-31-16-21(29-22(31)13-19)18-9-7-17(15-28)8-10-18/h7-13,16,20H,14H2,1-6H3,(H,30,33)/t20-/m1/s1. The maximum absolute atomic E-state index is 13.0. The van der Waals surface area contributed by atoms with Crippen LogP contribution in [0.25, 0.3) is 16.9 Å². The van der Waals surface area contributed by atoms with Gasteiger partial charge in [-0.15, -0.1) is 0 Å². The molecule has 0 aliphatic carbocycles. The van der Waals surface area contributed by atoms with Crippen molar-refractivity contribution in [3.63, 3.8) is 0 Å². The van der Waals surface area contributed by atoms with Crippen molar-refractivity contribution in [3.05, 3.63) is 59.9 Å². The minimum absolute atomic E-state index is 0.261. The number of carbonyl (C=O) groups excluding carboxylic acids is 3. The van der Waals surface area contributed by atoms with Gasteiger partial charge < -0.3 is 19.2 Å². The van der Waals surface area contributed by atoms with Crippen molar-refractivity contribution < 1.29 is 23.9 Å². The summed E-state index contributed by atoms with van der Waals surface area (Å²) in [4.78, 5) is 42.8. The van der Waals surface area contributed by atoms with E-state index in [1.54, 1.807) is 88.5 Å². The maximum atomic E-state index is 13.0. The summed E-state index contributed by atoms with van der Waals surface area (Å²) in [5.41, 5.74) is 1.29. The first-order valence-electron chi connectivity index (χ1n) is 11.5. The fourth-order valence-electron chi connectivity index (χ4n) is 3.34. The Labute approximate surface area is 210 Å². The zero-order valence-corrected chi connectivity index (χ0v) is 21.3. The molecule has 0 aliphatic rings. The number of carbonyl (C=O) groups is 3. The molecule has 9 heteroatoms. The second-order valence-electron chi connectivity index (χ2n) is 10.3. The van der Waals surface area contributed by atoms with Gasteiger partial charge in [-0.05, 0) is 65.8 Å². The maximum Gasteiger partial charge on any atom is 0.329 e. The van der Waals surface area contributed by atoms with E-state index >= 15 is 0 Å². The van der Waals surface area contributed by atoms with Gasteiger partial charge in [0, 0.05) is 23.5 Å². The first-order chi connectivity index (χ1) is 16.7. The highest BCUT2D eigenvalue weighted by Crippen LogP contribution is 2.21. The number of hydrogen-bond donors (Lipinski definition) is 1. The molecule has 2 aromatic heterocycles. The van der Waals surface area contributed by atoms with E-state index in [-0.39, 0.29) is 12.0 Å². The number of pyridine rings is 1. The van der Waals surface area contributed by atoms with Crippen LogP contribution in [0.3, 0.4) is 0 Å². The smallest absolute Gasteiger partial charge is 0.329 e. The molecule has 0 unspecified atom stereocenters. The van der Waals surface area contributed by atoms with E-state index in [4.69, 9.17) is 14.7 Å². The number of imidazole rings is 1. The molecule has 0 saturated carbocycles. The molecule has 0 fully saturated rings. The van der Waals surface area contributed by atoms with Crippen LogP contribution >= 0.6 is 0 Å². The molecular formula is C27H30N4O5. The summed E-state index contributed by atoms with van der Waals surface area (Å²) in [5, 5.41) is 11.6. The summed E-state index contributed by atoms with van der Waals surface area (Å²) in [5.74, 6) is -1.92. The van der Waals surface area contributed by atoms with E-state index in [2.05, 4.69) is 16.4 Å². The Morgan fingerprint density at radius 2 is 1.67 bits per heavy atom. The lowest BCUT2D eigenvalue weighted by Crippen LogP contribution is -2.46. The van der Waals surface area contributed by atoms with Crippen LogP contribution in [0.4, 0.5) is 0 Å². The van der Waals surface area contributed by atoms with E-state index in [0.717, 1.165) is 5.56 Å². The number of amides is 1. The average Bonchev–Trinajstić information content (AvgIpc) is 3.19. The molecule has 36 heavy (non-hydrogen) atoms. The van der Waals surface area contributed by atoms with Gasteiger partial charge in [-0.25, -0.2) is 9.78 Å². The van der Waals surface area contributed by atoms with Crippen LogP contribution in [0.15, 0.2) is 48.8 Å². The van der Waals surface area contributed by atoms with Gasteiger partial charge in [-0.2, -0.15) is 5.26 Å². The highest BCUT2D eigenvalue weighted by atomic mass is 16.6. The van der Waals surface area contributed by atoms with Crippen LogP contribution in [-0.2, 0) is 19.1 Å². The van der Waals surface area contributed by atoms with E-state index in [1.165, 1.54) is 0 Å². The van der Waals surface area contributed by atoms with Crippen molar-refractivity contribution in [2.45, 2.75) is 65.2 Å². The van der Waals surface area contributed by atoms with E-state index in [0.29, 0.717) is 16.9 Å². The summed E-state index contributed by atoms with van der Waals surface area (Å²) >= 11 is 0. The Kier molecular flexibility index (Phi) is 7.48. The third-order valence-electron chi connectivity index (χ3n) is 4.82. The molecule has 3 aromatic rings. The Balaban J connectivity index is 1.82. The number of rotatable bonds is 6. The molecule has 1 amide bonds. The number of ether oxygens (including phenoxy) is 2. The van der Waals surface area contributed by atoms with Gasteiger partial charge in [0.1, 0.15) is 22.9 Å². The number of fused-ring (bicyclic) bond motifs is 1. The lowest BCUT2D eigenvalue weighted by Gasteiger charge is -2.25. The van der Waals surface area contributed by atoms with Crippen LogP contribution in [0.2, 0.25) is 0 Å². The van der Waals surface area contributed by atoms with Crippen LogP contribution in [0.1, 0.15) is 63.9 Å². The second-order valence-corrected chi connectivity index (χ2v) is 10.3. The van der Waals surface area contributed by atoms with Gasteiger partial charge >= 0.3 is 11.9 Å². The van der Waals surface area contributed by atoms with Gasteiger partial charge in [0.05, 0.1) is 23.7 Å². The van der Waals surface area contributed by atoms with Gasteiger partial charge in [-0.1, -0.05) is 12.1 Å². The highest BCUT2D eigenvalue weighted by molar-refractivity contribution is 5.98. The van der Waals surface area contributed by atoms with Crippen LogP contribution in [0, 0.1) is 11.3 Å². The molecule has 9 nitrogen and oxygen atoms in total. The number of nitrogens with one attached hydrogen (secondary N) is 1. The summed E-state index contributed by atoms with van der Waals surface area (Å²) in [7, 11) is 0. The number of hydrogen-bond acceptors (Lipinski definition) is 7. The minimum Gasteiger partial charge on any atom is -0.460 e. The Hall–Kier alpha value is -4.19. The molecular weight excluding hydrogens is 460 g/mol. The van der Waals surface area contributed by atoms with Crippen molar-refractivity contribution in [2.75, 3.05) is 0 Å². The number of nitriles is 1. The molecule has 188 valence electrons. The van der Waals surface area contributed by atoms with Crippen LogP contribution in [0.5, 0.6) is 0 Å². The number of nitrogens with zero attached hydrogens (tertiary/aromatic N) is 3. The number of benzene rings is 1. The van der Waals surface area contributed by atoms with Crippen LogP contribution in [-0.4, -0.2) is 44.5 Å². The number of esters is 2. The molecule has 3 rings (SSSR count). The largest absolute Gasteiger partial charge is 0.460 e. The first-order valence-corrected chi connectivity index (χ1v) is 11.5. The lowest BCUT2D eigenvalue weighted by atomic mass is 10.1. The van der Waals surface area contributed by atoms with Crippen molar-refractivity contribution in [1.29, 1.82) is 5.26 Å². The monoisotopic (exact) mass is 490 g/mol. The van der Waals surface area contributed by atoms with Crippen molar-refractivity contribution in [2.24, 2.45) is 0 Å². The predicted octanol–water partition coefficient (Wildman–Crippen LogP) is 4.04. The topological polar surface area (TPSA) is 123 Å². The molecule has 0 bridgehead atoms. The molecule has 1 atom stereocenters. The fourth-order valence-corrected chi connectivity index (χ4v) is 3.34. The van der Waals surface area contributed by atoms with Gasteiger partial charge in [0.2, 0.25) is 0 Å². The predicted molar refractivity (Wildman–Crippen MR) is 133 cm³/mol. The molecule has 0 spiro atoms. The van der Waals surface area contributed by atoms with Crippen molar-refractivity contribution >= 4 is 23.5 Å². The first kappa shape index (κ1) is 26.4. The molecule has 1 aromatic carbocycles. The van der Waals surface area contributed by atoms with Crippen LogP contribution < -0.4 is 5.32 Å². The van der Waals surface area contributed by atoms with Crippen molar-refractivity contribution in [3.8, 4) is 17.3 Å². The van der Waals surface area contributed by atoms with Gasteiger partial charge in [-0.3, -0.25) is 9.59 Å². The minimum atomic E-state index is -1.23. The third kappa shape index (κ3) is 7.15. The van der Waals surface area contributed by atoms with Crippen molar-refractivity contribution in [1.82, 2.24) is 14.7 Å². The Morgan fingerprint density at radius 1 is 1.03 bits per heavy atom. The third-order valence-corrected chi connectivity index (χ3v) is 4.82. The Morgan fingerprint density at radius 3 is 2.25 bits per heavy atom. The summed E-state index contributed by atoms with van der Waals surface area (Å²) in [6.45, 7) is 10.3. The normalized spacial score (nSPS) is 12.5. The highest BCUT2D eigenvalue weighted by Gasteiger charge is 2.31. The molecule has 0 saturated heterocycles. The van der Waals surface area contributed by atoms with Gasteiger partial charge in [0.15, 0.2) is 0 Å². The van der Waals surface area contributed by atoms with E-state index < -0.39 is 35.1 Å². The molecule has 0 aliphatic heterocycles. The van der Waals surface area contributed by atoms with E-state index in [9.17, 15) is 14.4 Å². The zero-order valence-electron chi connectivity index (χ0n) is 21.3.